The zero-order valence-corrected chi connectivity index (χ0v) is 35.0. The summed E-state index contributed by atoms with van der Waals surface area (Å²) in [5.74, 6) is -0.925. The van der Waals surface area contributed by atoms with Gasteiger partial charge in [-0.1, -0.05) is 130 Å². The molecule has 0 radical (unpaired) electrons. The summed E-state index contributed by atoms with van der Waals surface area (Å²) in [6.07, 6.45) is 45.8. The third kappa shape index (κ3) is 38.6. The average Bonchev–Trinajstić information content (AvgIpc) is 3.12. The number of quaternary nitrogens is 1. The summed E-state index contributed by atoms with van der Waals surface area (Å²) in [5.41, 5.74) is 0. The van der Waals surface area contributed by atoms with Crippen molar-refractivity contribution in [1.29, 1.82) is 0 Å². The number of unbranched alkanes of at least 4 members (excludes halogenated alkanes) is 7. The van der Waals surface area contributed by atoms with Gasteiger partial charge in [0.15, 0.2) is 6.10 Å². The summed E-state index contributed by atoms with van der Waals surface area (Å²) in [6, 6.07) is 0. The highest BCUT2D eigenvalue weighted by atomic mass is 31.2. The van der Waals surface area contributed by atoms with Gasteiger partial charge in [0.2, 0.25) is 0 Å². The fourth-order valence-electron chi connectivity index (χ4n) is 4.59. The van der Waals surface area contributed by atoms with E-state index in [9.17, 15) is 19.0 Å². The van der Waals surface area contributed by atoms with E-state index in [1.165, 1.54) is 0 Å². The van der Waals surface area contributed by atoms with E-state index in [1.54, 1.807) is 0 Å². The summed E-state index contributed by atoms with van der Waals surface area (Å²) < 4.78 is 33.7. The van der Waals surface area contributed by atoms with Crippen LogP contribution in [-0.4, -0.2) is 70.0 Å². The van der Waals surface area contributed by atoms with Crippen molar-refractivity contribution < 1.29 is 42.1 Å². The maximum Gasteiger partial charge on any atom is 0.306 e. The van der Waals surface area contributed by atoms with Crippen LogP contribution in [0.4, 0.5) is 0 Å². The van der Waals surface area contributed by atoms with Gasteiger partial charge < -0.3 is 27.9 Å². The van der Waals surface area contributed by atoms with Gasteiger partial charge in [0.05, 0.1) is 27.7 Å². The molecule has 2 atom stereocenters. The van der Waals surface area contributed by atoms with Crippen molar-refractivity contribution >= 4 is 19.8 Å². The Balaban J connectivity index is 4.56. The first-order chi connectivity index (χ1) is 26.0. The van der Waals surface area contributed by atoms with Crippen LogP contribution in [0.2, 0.25) is 0 Å². The van der Waals surface area contributed by atoms with Gasteiger partial charge in [0.25, 0.3) is 7.82 Å². The minimum Gasteiger partial charge on any atom is -0.756 e. The molecule has 0 bridgehead atoms. The third-order valence-corrected chi connectivity index (χ3v) is 8.66. The van der Waals surface area contributed by atoms with Gasteiger partial charge in [-0.05, 0) is 70.6 Å². The normalized spacial score (nSPS) is 14.7. The molecule has 0 aliphatic carbocycles. The smallest absolute Gasteiger partial charge is 0.306 e. The van der Waals surface area contributed by atoms with Crippen LogP contribution in [0.25, 0.3) is 0 Å². The van der Waals surface area contributed by atoms with E-state index in [2.05, 4.69) is 80.7 Å². The predicted molar refractivity (Wildman–Crippen MR) is 222 cm³/mol. The van der Waals surface area contributed by atoms with Crippen LogP contribution in [-0.2, 0) is 32.7 Å². The van der Waals surface area contributed by atoms with Crippen LogP contribution in [0.15, 0.2) is 97.2 Å². The van der Waals surface area contributed by atoms with Gasteiger partial charge >= 0.3 is 11.9 Å². The molecule has 0 rings (SSSR count). The topological polar surface area (TPSA) is 111 Å². The number of carbonyl (C=O) groups is 2. The molecule has 9 nitrogen and oxygen atoms in total. The first-order valence-corrected chi connectivity index (χ1v) is 21.5. The molecule has 0 aromatic carbocycles. The minimum atomic E-state index is -4.64. The Bertz CT molecular complexity index is 1240. The van der Waals surface area contributed by atoms with E-state index >= 15 is 0 Å². The Morgan fingerprint density at radius 3 is 1.74 bits per heavy atom. The number of ether oxygens (including phenoxy) is 2. The second-order valence-corrected chi connectivity index (χ2v) is 15.4. The largest absolute Gasteiger partial charge is 0.756 e. The third-order valence-electron chi connectivity index (χ3n) is 7.69. The highest BCUT2D eigenvalue weighted by Crippen LogP contribution is 2.38. The Morgan fingerprint density at radius 2 is 1.09 bits per heavy atom. The summed E-state index contributed by atoms with van der Waals surface area (Å²) in [4.78, 5) is 37.4. The van der Waals surface area contributed by atoms with Crippen molar-refractivity contribution in [3.05, 3.63) is 97.2 Å². The molecule has 54 heavy (non-hydrogen) atoms. The minimum absolute atomic E-state index is 0.0488. The lowest BCUT2D eigenvalue weighted by Gasteiger charge is -2.28. The molecule has 0 saturated heterocycles. The Labute approximate surface area is 328 Å². The highest BCUT2D eigenvalue weighted by Gasteiger charge is 2.21. The fourth-order valence-corrected chi connectivity index (χ4v) is 5.32. The van der Waals surface area contributed by atoms with Crippen LogP contribution in [0.3, 0.4) is 0 Å². The number of phosphoric ester groups is 1. The number of rotatable bonds is 34. The quantitative estimate of drug-likeness (QED) is 0.0159. The maximum absolute atomic E-state index is 12.6. The van der Waals surface area contributed by atoms with Crippen molar-refractivity contribution in [1.82, 2.24) is 0 Å². The highest BCUT2D eigenvalue weighted by molar-refractivity contribution is 7.45. The number of phosphoric acid groups is 1. The molecule has 0 spiro atoms. The van der Waals surface area contributed by atoms with Crippen LogP contribution < -0.4 is 4.89 Å². The fraction of sp³-hybridized carbons (Fsp3) is 0.591. The average molecular weight is 774 g/mol. The number of hydrogen-bond acceptors (Lipinski definition) is 8. The molecule has 0 aliphatic rings. The van der Waals surface area contributed by atoms with Crippen molar-refractivity contribution in [3.8, 4) is 0 Å². The number of hydrogen-bond donors (Lipinski definition) is 0. The molecule has 0 fully saturated rings. The summed E-state index contributed by atoms with van der Waals surface area (Å²) >= 11 is 0. The first kappa shape index (κ1) is 50.9. The first-order valence-electron chi connectivity index (χ1n) is 20.0. The molecule has 0 aromatic heterocycles. The molecule has 0 saturated carbocycles. The Hall–Kier alpha value is -3.07. The Morgan fingerprint density at radius 1 is 0.593 bits per heavy atom. The van der Waals surface area contributed by atoms with E-state index in [0.717, 1.165) is 77.0 Å². The second-order valence-electron chi connectivity index (χ2n) is 14.0. The van der Waals surface area contributed by atoms with E-state index in [4.69, 9.17) is 18.5 Å². The number of allylic oxidation sites excluding steroid dienone is 16. The molecule has 10 heteroatoms. The van der Waals surface area contributed by atoms with Crippen LogP contribution >= 0.6 is 7.82 Å². The van der Waals surface area contributed by atoms with E-state index < -0.39 is 32.5 Å². The van der Waals surface area contributed by atoms with Crippen molar-refractivity contribution in [2.24, 2.45) is 0 Å². The van der Waals surface area contributed by atoms with E-state index in [-0.39, 0.29) is 26.1 Å². The maximum atomic E-state index is 12.6. The van der Waals surface area contributed by atoms with E-state index in [0.29, 0.717) is 23.9 Å². The summed E-state index contributed by atoms with van der Waals surface area (Å²) in [6.45, 7) is 3.85. The zero-order chi connectivity index (χ0) is 40.0. The molecule has 0 amide bonds. The molecular formula is C44H72NO8P. The van der Waals surface area contributed by atoms with Gasteiger partial charge in [-0.2, -0.15) is 0 Å². The lowest BCUT2D eigenvalue weighted by Crippen LogP contribution is -2.37. The zero-order valence-electron chi connectivity index (χ0n) is 34.1. The van der Waals surface area contributed by atoms with Crippen molar-refractivity contribution in [3.63, 3.8) is 0 Å². The molecule has 306 valence electrons. The number of esters is 2. The van der Waals surface area contributed by atoms with Crippen LogP contribution in [0.1, 0.15) is 117 Å². The molecule has 1 unspecified atom stereocenters. The van der Waals surface area contributed by atoms with Crippen LogP contribution in [0.5, 0.6) is 0 Å². The number of likely N-dealkylation sites (N-methyl/N-ethyl adjacent to an activating group) is 1. The molecule has 0 aromatic rings. The van der Waals surface area contributed by atoms with Gasteiger partial charge in [0, 0.05) is 12.8 Å². The van der Waals surface area contributed by atoms with Gasteiger partial charge in [-0.25, -0.2) is 0 Å². The summed E-state index contributed by atoms with van der Waals surface area (Å²) in [7, 11) is 1.10. The summed E-state index contributed by atoms with van der Waals surface area (Å²) in [5, 5.41) is 0. The van der Waals surface area contributed by atoms with Crippen molar-refractivity contribution in [2.75, 3.05) is 47.5 Å². The number of carbonyl (C=O) groups excluding carboxylic acids is 2. The SMILES string of the molecule is CC/C=C/C=C/C=C/C=C/CCCCCCCC(=O)O[C@H](COC(=O)CCCC/C=C/C/C=C/C/C=C/C/C=C/CC)COP(=O)([O-])OCC[N+](C)(C)C. The lowest BCUT2D eigenvalue weighted by molar-refractivity contribution is -0.870. The van der Waals surface area contributed by atoms with E-state index in [1.807, 2.05) is 51.5 Å². The monoisotopic (exact) mass is 773 g/mol. The van der Waals surface area contributed by atoms with Crippen LogP contribution in [0, 0.1) is 0 Å². The molecule has 0 N–H and O–H groups in total. The van der Waals surface area contributed by atoms with Gasteiger partial charge in [0.1, 0.15) is 19.8 Å². The Kier molecular flexibility index (Phi) is 33.6. The molecule has 0 heterocycles. The van der Waals surface area contributed by atoms with Gasteiger partial charge in [-0.3, -0.25) is 14.2 Å². The predicted octanol–water partition coefficient (Wildman–Crippen LogP) is 10.4. The van der Waals surface area contributed by atoms with Gasteiger partial charge in [-0.15, -0.1) is 0 Å². The lowest BCUT2D eigenvalue weighted by atomic mass is 10.1. The molecular weight excluding hydrogens is 701 g/mol. The second kappa shape index (κ2) is 35.6. The standard InChI is InChI=1S/C44H72NO8P/c1-6-8-10-12-14-16-18-20-22-24-26-28-30-32-34-36-43(46)50-40-42(41-52-54(48,49)51-39-38-45(3,4)5)53-44(47)37-35-33-31-29-27-25-23-21-19-17-15-13-11-9-7-2/h8-11,13-17,19-23,26,28,42H,6-7,12,18,24-25,27,29-41H2,1-5H3/b10-8+,11-9+,15-13+,16-14+,19-17+,22-20+,23-21+,28-26+/t42-/m1/s1. The molecule has 0 aliphatic heterocycles. The number of nitrogens with zero attached hydrogens (tertiary/aromatic N) is 1. The van der Waals surface area contributed by atoms with Crippen molar-refractivity contribution in [2.45, 2.75) is 123 Å².